The minimum absolute atomic E-state index is 0.266. The Hall–Kier alpha value is -1.36. The lowest BCUT2D eigenvalue weighted by Crippen LogP contribution is -2.82. The molecule has 2 aliphatic rings. The number of carboxylic acid groups (broad SMARTS) is 1. The highest BCUT2D eigenvalue weighted by Crippen LogP contribution is 2.41. The molecule has 0 bridgehead atoms. The fourth-order valence-corrected chi connectivity index (χ4v) is 4.54. The van der Waals surface area contributed by atoms with Gasteiger partial charge in [-0.05, 0) is 26.8 Å². The van der Waals surface area contributed by atoms with Crippen molar-refractivity contribution in [3.63, 3.8) is 0 Å². The van der Waals surface area contributed by atoms with E-state index >= 15 is 0 Å². The van der Waals surface area contributed by atoms with Crippen molar-refractivity contribution in [1.82, 2.24) is 0 Å². The molecule has 186 valence electrons. The van der Waals surface area contributed by atoms with Crippen molar-refractivity contribution in [2.45, 2.75) is 69.4 Å². The number of hydrogen-bond acceptors (Lipinski definition) is 12. The van der Waals surface area contributed by atoms with E-state index in [1.807, 2.05) is 0 Å². The van der Waals surface area contributed by atoms with Gasteiger partial charge in [0, 0.05) is 0 Å². The molecule has 3 unspecified atom stereocenters. The van der Waals surface area contributed by atoms with E-state index in [-0.39, 0.29) is 6.61 Å². The monoisotopic (exact) mass is 484 g/mol. The quantitative estimate of drug-likeness (QED) is 0.190. The Kier molecular flexibility index (Phi) is 7.66. The zero-order chi connectivity index (χ0) is 24.7. The number of carbonyl (C=O) groups excluding carboxylic acids is 1. The third kappa shape index (κ3) is 5.40. The molecular formula is C18H30NO12S-. The summed E-state index contributed by atoms with van der Waals surface area (Å²) in [5.41, 5.74) is -0.0361. The number of ether oxygens (including phenoxy) is 3. The zero-order valence-corrected chi connectivity index (χ0v) is 19.0. The largest absolute Gasteiger partial charge is 0.726 e. The SMILES string of the molecule is CC1(C)OC(CO)[C@@](C)(COC[C@@]2(C)OC(C(=O)[O-])=C[C@H](O)C2OS(=O)(=O)[O-])[C@H](O)C1[NH3+]. The van der Waals surface area contributed by atoms with Crippen molar-refractivity contribution >= 4 is 16.4 Å². The lowest BCUT2D eigenvalue weighted by atomic mass is 9.70. The number of carboxylic acids is 1. The van der Waals surface area contributed by atoms with E-state index < -0.39 is 82.4 Å². The van der Waals surface area contributed by atoms with Gasteiger partial charge in [-0.2, -0.15) is 0 Å². The summed E-state index contributed by atoms with van der Waals surface area (Å²) in [5, 5.41) is 42.0. The third-order valence-corrected chi connectivity index (χ3v) is 6.54. The van der Waals surface area contributed by atoms with Crippen LogP contribution in [0.3, 0.4) is 0 Å². The van der Waals surface area contributed by atoms with Gasteiger partial charge in [-0.15, -0.1) is 0 Å². The van der Waals surface area contributed by atoms with Crippen molar-refractivity contribution in [2.24, 2.45) is 5.41 Å². The average molecular weight is 485 g/mol. The normalized spacial score (nSPS) is 39.8. The van der Waals surface area contributed by atoms with Crippen LogP contribution in [0.2, 0.25) is 0 Å². The van der Waals surface area contributed by atoms with Gasteiger partial charge in [0.1, 0.15) is 41.7 Å². The maximum atomic E-state index is 11.2. The van der Waals surface area contributed by atoms with E-state index in [4.69, 9.17) is 14.2 Å². The second kappa shape index (κ2) is 9.12. The molecule has 1 fully saturated rings. The predicted molar refractivity (Wildman–Crippen MR) is 101 cm³/mol. The first kappa shape index (κ1) is 26.9. The van der Waals surface area contributed by atoms with Crippen LogP contribution in [-0.4, -0.2) is 95.7 Å². The molecule has 0 aromatic heterocycles. The summed E-state index contributed by atoms with van der Waals surface area (Å²) in [7, 11) is -5.30. The first-order chi connectivity index (χ1) is 14.5. The molecular weight excluding hydrogens is 454 g/mol. The summed E-state index contributed by atoms with van der Waals surface area (Å²) in [6, 6.07) is -0.600. The summed E-state index contributed by atoms with van der Waals surface area (Å²) in [6.45, 7) is 4.92. The van der Waals surface area contributed by atoms with E-state index in [1.54, 1.807) is 20.8 Å². The number of carbonyl (C=O) groups is 1. The van der Waals surface area contributed by atoms with Gasteiger partial charge in [0.2, 0.25) is 10.4 Å². The summed E-state index contributed by atoms with van der Waals surface area (Å²) in [5.74, 6) is -2.59. The molecule has 0 aromatic carbocycles. The van der Waals surface area contributed by atoms with Crippen LogP contribution in [0.15, 0.2) is 11.8 Å². The van der Waals surface area contributed by atoms with Gasteiger partial charge >= 0.3 is 0 Å². The molecule has 0 saturated carbocycles. The van der Waals surface area contributed by atoms with Crippen molar-refractivity contribution < 1.29 is 62.3 Å². The van der Waals surface area contributed by atoms with Crippen LogP contribution in [0.4, 0.5) is 0 Å². The summed E-state index contributed by atoms with van der Waals surface area (Å²) < 4.78 is 54.5. The Morgan fingerprint density at radius 2 is 1.84 bits per heavy atom. The average Bonchev–Trinajstić information content (AvgIpc) is 2.65. The van der Waals surface area contributed by atoms with E-state index in [0.717, 1.165) is 0 Å². The first-order valence-electron chi connectivity index (χ1n) is 9.79. The molecule has 2 heterocycles. The number of aliphatic carboxylic acids is 1. The van der Waals surface area contributed by atoms with E-state index in [2.05, 4.69) is 9.92 Å². The highest BCUT2D eigenvalue weighted by Gasteiger charge is 2.57. The van der Waals surface area contributed by atoms with Crippen LogP contribution in [-0.2, 0) is 33.6 Å². The van der Waals surface area contributed by atoms with Crippen LogP contribution in [0.25, 0.3) is 0 Å². The lowest BCUT2D eigenvalue weighted by molar-refractivity contribution is -0.499. The minimum atomic E-state index is -5.30. The molecule has 2 rings (SSSR count). The molecule has 0 spiro atoms. The van der Waals surface area contributed by atoms with Crippen LogP contribution in [0.1, 0.15) is 27.7 Å². The molecule has 14 heteroatoms. The number of quaternary nitrogens is 1. The number of aliphatic hydroxyl groups is 3. The zero-order valence-electron chi connectivity index (χ0n) is 18.2. The van der Waals surface area contributed by atoms with Gasteiger partial charge in [-0.1, -0.05) is 6.92 Å². The topological polar surface area (TPSA) is 223 Å². The first-order valence-corrected chi connectivity index (χ1v) is 11.1. The fraction of sp³-hybridized carbons (Fsp3) is 0.833. The molecule has 0 radical (unpaired) electrons. The van der Waals surface area contributed by atoms with E-state index in [1.165, 1.54) is 6.92 Å². The molecule has 13 nitrogen and oxygen atoms in total. The van der Waals surface area contributed by atoms with Crippen molar-refractivity contribution in [3.8, 4) is 0 Å². The number of hydrogen-bond donors (Lipinski definition) is 4. The van der Waals surface area contributed by atoms with Crippen LogP contribution < -0.4 is 10.8 Å². The lowest BCUT2D eigenvalue weighted by Gasteiger charge is -2.52. The third-order valence-electron chi connectivity index (χ3n) is 6.10. The minimum Gasteiger partial charge on any atom is -0.726 e. The standard InChI is InChI=1S/C18H31NO12S/c1-16(2)12(19)13(22)17(3,11(6-20)30-16)7-28-8-18(4)14(31-32(25,26)27)9(21)5-10(29-18)15(23)24/h5,9,11-14,20-22H,6-8,19H2,1-4H3,(H,23,24)(H,25,26,27)/p-1/t9-,11?,12?,13+,14?,17+,18+/m0/s1. The summed E-state index contributed by atoms with van der Waals surface area (Å²) in [4.78, 5) is 11.2. The maximum absolute atomic E-state index is 11.2. The Morgan fingerprint density at radius 1 is 1.25 bits per heavy atom. The highest BCUT2D eigenvalue weighted by atomic mass is 32.3. The van der Waals surface area contributed by atoms with Gasteiger partial charge in [0.25, 0.3) is 0 Å². The molecule has 2 aliphatic heterocycles. The molecule has 1 saturated heterocycles. The predicted octanol–water partition coefficient (Wildman–Crippen LogP) is -4.22. The Bertz CT molecular complexity index is 841. The van der Waals surface area contributed by atoms with Crippen molar-refractivity contribution in [1.29, 1.82) is 0 Å². The van der Waals surface area contributed by atoms with Crippen LogP contribution in [0, 0.1) is 5.41 Å². The molecule has 32 heavy (non-hydrogen) atoms. The van der Waals surface area contributed by atoms with Gasteiger partial charge < -0.3 is 49.7 Å². The Morgan fingerprint density at radius 3 is 2.34 bits per heavy atom. The summed E-state index contributed by atoms with van der Waals surface area (Å²) >= 11 is 0. The Balaban J connectivity index is 2.25. The highest BCUT2D eigenvalue weighted by molar-refractivity contribution is 7.80. The van der Waals surface area contributed by atoms with Gasteiger partial charge in [-0.25, -0.2) is 8.42 Å². The number of rotatable bonds is 8. The van der Waals surface area contributed by atoms with Gasteiger partial charge in [0.05, 0.1) is 31.3 Å². The Labute approximate surface area is 185 Å². The van der Waals surface area contributed by atoms with Crippen LogP contribution in [0.5, 0.6) is 0 Å². The number of aliphatic hydroxyl groups excluding tert-OH is 3. The fourth-order valence-electron chi connectivity index (χ4n) is 3.97. The molecule has 0 aliphatic carbocycles. The second-order valence-corrected chi connectivity index (χ2v) is 10.1. The van der Waals surface area contributed by atoms with E-state index in [9.17, 15) is 38.2 Å². The van der Waals surface area contributed by atoms with Crippen molar-refractivity contribution in [3.05, 3.63) is 11.8 Å². The van der Waals surface area contributed by atoms with Crippen LogP contribution >= 0.6 is 0 Å². The van der Waals surface area contributed by atoms with E-state index in [0.29, 0.717) is 6.08 Å². The molecule has 7 atom stereocenters. The molecule has 0 amide bonds. The maximum Gasteiger partial charge on any atom is 0.218 e. The molecule has 6 N–H and O–H groups in total. The van der Waals surface area contributed by atoms with Gasteiger partial charge in [0.15, 0.2) is 5.60 Å². The van der Waals surface area contributed by atoms with Crippen molar-refractivity contribution in [2.75, 3.05) is 19.8 Å². The summed E-state index contributed by atoms with van der Waals surface area (Å²) in [6.07, 6.45) is -4.97. The molecule has 0 aromatic rings. The second-order valence-electron chi connectivity index (χ2n) is 9.09. The van der Waals surface area contributed by atoms with Gasteiger partial charge in [-0.3, -0.25) is 4.18 Å². The smallest absolute Gasteiger partial charge is 0.218 e.